The van der Waals surface area contributed by atoms with Crippen molar-refractivity contribution in [2.45, 2.75) is 39.5 Å². The zero-order valence-corrected chi connectivity index (χ0v) is 16.3. The van der Waals surface area contributed by atoms with Crippen LogP contribution in [0.2, 0.25) is 0 Å². The number of unbranched alkanes of at least 4 members (excludes halogenated alkanes) is 1. The summed E-state index contributed by atoms with van der Waals surface area (Å²) in [5.74, 6) is -0.947. The van der Waals surface area contributed by atoms with E-state index in [-0.39, 0.29) is 10.7 Å². The summed E-state index contributed by atoms with van der Waals surface area (Å²) >= 11 is 6.18. The second kappa shape index (κ2) is 8.40. The van der Waals surface area contributed by atoms with Gasteiger partial charge in [0.1, 0.15) is 10.7 Å². The number of halogens is 1. The van der Waals surface area contributed by atoms with E-state index in [1.54, 1.807) is 12.1 Å². The van der Waals surface area contributed by atoms with Crippen molar-refractivity contribution in [2.24, 2.45) is 0 Å². The highest BCUT2D eigenvalue weighted by atomic mass is 35.5. The van der Waals surface area contributed by atoms with Gasteiger partial charge in [0.2, 0.25) is 0 Å². The highest BCUT2D eigenvalue weighted by Gasteiger charge is 2.38. The molecule has 0 radical (unpaired) electrons. The van der Waals surface area contributed by atoms with Gasteiger partial charge in [-0.1, -0.05) is 56.1 Å². The molecule has 5 heteroatoms. The molecule has 2 aromatic carbocycles. The summed E-state index contributed by atoms with van der Waals surface area (Å²) in [5, 5.41) is 2.92. The highest BCUT2D eigenvalue weighted by Crippen LogP contribution is 2.30. The van der Waals surface area contributed by atoms with E-state index in [0.717, 1.165) is 41.8 Å². The Kier molecular flexibility index (Phi) is 5.97. The average molecular weight is 383 g/mol. The zero-order chi connectivity index (χ0) is 19.4. The van der Waals surface area contributed by atoms with Crippen LogP contribution in [-0.2, 0) is 22.4 Å². The zero-order valence-electron chi connectivity index (χ0n) is 15.6. The molecule has 0 saturated heterocycles. The minimum atomic E-state index is -0.506. The van der Waals surface area contributed by atoms with Crippen molar-refractivity contribution in [1.82, 2.24) is 0 Å². The Labute approximate surface area is 164 Å². The van der Waals surface area contributed by atoms with Gasteiger partial charge >= 0.3 is 0 Å². The van der Waals surface area contributed by atoms with Crippen molar-refractivity contribution in [1.29, 1.82) is 0 Å². The van der Waals surface area contributed by atoms with E-state index in [9.17, 15) is 9.59 Å². The number of benzene rings is 2. The summed E-state index contributed by atoms with van der Waals surface area (Å²) in [6.45, 7) is 4.21. The average Bonchev–Trinajstić information content (AvgIpc) is 2.91. The van der Waals surface area contributed by atoms with Crippen LogP contribution in [0.15, 0.2) is 59.3 Å². The first-order valence-electron chi connectivity index (χ1n) is 9.28. The lowest BCUT2D eigenvalue weighted by atomic mass is 10.1. The second-order valence-corrected chi connectivity index (χ2v) is 6.96. The molecule has 0 spiro atoms. The van der Waals surface area contributed by atoms with Crippen molar-refractivity contribution in [3.05, 3.63) is 70.4 Å². The molecule has 2 aromatic rings. The number of nitrogens with zero attached hydrogens (tertiary/aromatic N) is 1. The number of aryl methyl sites for hydroxylation is 2. The number of anilines is 2. The lowest BCUT2D eigenvalue weighted by Gasteiger charge is -2.15. The first-order chi connectivity index (χ1) is 13.0. The molecule has 0 unspecified atom stereocenters. The SMILES string of the molecule is CCCCc1ccc(NC2=C(Cl)C(=O)N(c3ccc(CC)cc3)C2=O)cc1. The maximum Gasteiger partial charge on any atom is 0.283 e. The molecule has 0 atom stereocenters. The molecule has 2 amide bonds. The molecular weight excluding hydrogens is 360 g/mol. The Balaban J connectivity index is 1.77. The van der Waals surface area contributed by atoms with Gasteiger partial charge in [0.05, 0.1) is 5.69 Å². The molecule has 0 fully saturated rings. The van der Waals surface area contributed by atoms with Gasteiger partial charge in [0, 0.05) is 5.69 Å². The van der Waals surface area contributed by atoms with Gasteiger partial charge in [-0.3, -0.25) is 9.59 Å². The number of hydrogen-bond donors (Lipinski definition) is 1. The Bertz CT molecular complexity index is 870. The minimum absolute atomic E-state index is 0.0883. The van der Waals surface area contributed by atoms with Gasteiger partial charge in [0.15, 0.2) is 0 Å². The minimum Gasteiger partial charge on any atom is -0.350 e. The Morgan fingerprint density at radius 1 is 0.889 bits per heavy atom. The molecule has 3 rings (SSSR count). The van der Waals surface area contributed by atoms with E-state index >= 15 is 0 Å². The van der Waals surface area contributed by atoms with Crippen LogP contribution < -0.4 is 10.2 Å². The molecular formula is C22H23ClN2O2. The molecule has 27 heavy (non-hydrogen) atoms. The van der Waals surface area contributed by atoms with Crippen LogP contribution in [0, 0.1) is 0 Å². The van der Waals surface area contributed by atoms with Gasteiger partial charge in [0.25, 0.3) is 11.8 Å². The first-order valence-corrected chi connectivity index (χ1v) is 9.66. The van der Waals surface area contributed by atoms with Crippen LogP contribution in [0.5, 0.6) is 0 Å². The van der Waals surface area contributed by atoms with Crippen molar-refractivity contribution in [3.63, 3.8) is 0 Å². The number of rotatable bonds is 7. The van der Waals surface area contributed by atoms with Gasteiger partial charge in [-0.05, 0) is 54.7 Å². The van der Waals surface area contributed by atoms with E-state index in [0.29, 0.717) is 5.69 Å². The number of carbonyl (C=O) groups excluding carboxylic acids is 2. The van der Waals surface area contributed by atoms with E-state index in [1.807, 2.05) is 36.4 Å². The smallest absolute Gasteiger partial charge is 0.283 e. The normalized spacial score (nSPS) is 14.3. The maximum absolute atomic E-state index is 12.8. The number of imide groups is 1. The second-order valence-electron chi connectivity index (χ2n) is 6.58. The highest BCUT2D eigenvalue weighted by molar-refractivity contribution is 6.53. The largest absolute Gasteiger partial charge is 0.350 e. The third-order valence-electron chi connectivity index (χ3n) is 4.67. The van der Waals surface area contributed by atoms with Crippen molar-refractivity contribution >= 4 is 34.8 Å². The fourth-order valence-electron chi connectivity index (χ4n) is 3.01. The van der Waals surface area contributed by atoms with Gasteiger partial charge in [-0.2, -0.15) is 0 Å². The Morgan fingerprint density at radius 3 is 2.11 bits per heavy atom. The van der Waals surface area contributed by atoms with E-state index in [4.69, 9.17) is 11.6 Å². The molecule has 4 nitrogen and oxygen atoms in total. The summed E-state index contributed by atoms with van der Waals surface area (Å²) < 4.78 is 0. The van der Waals surface area contributed by atoms with Crippen LogP contribution in [0.4, 0.5) is 11.4 Å². The molecule has 0 bridgehead atoms. The van der Waals surface area contributed by atoms with Crippen molar-refractivity contribution in [3.8, 4) is 0 Å². The number of amides is 2. The van der Waals surface area contributed by atoms with Gasteiger partial charge in [-0.25, -0.2) is 4.90 Å². The quantitative estimate of drug-likeness (QED) is 0.683. The van der Waals surface area contributed by atoms with Gasteiger partial charge in [-0.15, -0.1) is 0 Å². The molecule has 1 heterocycles. The summed E-state index contributed by atoms with van der Waals surface area (Å²) in [6, 6.07) is 15.2. The standard InChI is InChI=1S/C22H23ClN2O2/c1-3-5-6-16-7-11-17(12-8-16)24-20-19(23)21(26)25(22(20)27)18-13-9-15(4-2)10-14-18/h7-14,24H,3-6H2,1-2H3. The molecule has 0 aliphatic carbocycles. The lowest BCUT2D eigenvalue weighted by Crippen LogP contribution is -2.32. The van der Waals surface area contributed by atoms with Crippen LogP contribution in [0.3, 0.4) is 0 Å². The van der Waals surface area contributed by atoms with Crippen LogP contribution >= 0.6 is 11.6 Å². The Hall–Kier alpha value is -2.59. The predicted octanol–water partition coefficient (Wildman–Crippen LogP) is 5.03. The maximum atomic E-state index is 12.8. The third kappa shape index (κ3) is 4.06. The summed E-state index contributed by atoms with van der Waals surface area (Å²) in [7, 11) is 0. The predicted molar refractivity (Wildman–Crippen MR) is 110 cm³/mol. The van der Waals surface area contributed by atoms with Crippen LogP contribution in [0.25, 0.3) is 0 Å². The summed E-state index contributed by atoms with van der Waals surface area (Å²) in [4.78, 5) is 26.4. The Morgan fingerprint density at radius 2 is 1.52 bits per heavy atom. The number of nitrogens with one attached hydrogen (secondary N) is 1. The van der Waals surface area contributed by atoms with Crippen LogP contribution in [0.1, 0.15) is 37.8 Å². The molecule has 1 aliphatic heterocycles. The molecule has 1 N–H and O–H groups in total. The van der Waals surface area contributed by atoms with Crippen molar-refractivity contribution in [2.75, 3.05) is 10.2 Å². The van der Waals surface area contributed by atoms with Crippen LogP contribution in [-0.4, -0.2) is 11.8 Å². The number of carbonyl (C=O) groups is 2. The first kappa shape index (κ1) is 19.2. The lowest BCUT2D eigenvalue weighted by molar-refractivity contribution is -0.120. The fourth-order valence-corrected chi connectivity index (χ4v) is 3.22. The topological polar surface area (TPSA) is 49.4 Å². The number of hydrogen-bond acceptors (Lipinski definition) is 3. The molecule has 0 saturated carbocycles. The van der Waals surface area contributed by atoms with Gasteiger partial charge < -0.3 is 5.32 Å². The van der Waals surface area contributed by atoms with E-state index in [2.05, 4.69) is 19.2 Å². The van der Waals surface area contributed by atoms with Crippen molar-refractivity contribution < 1.29 is 9.59 Å². The summed E-state index contributed by atoms with van der Waals surface area (Å²) in [6.07, 6.45) is 4.21. The molecule has 140 valence electrons. The monoisotopic (exact) mass is 382 g/mol. The summed E-state index contributed by atoms with van der Waals surface area (Å²) in [5.41, 5.74) is 3.75. The third-order valence-corrected chi connectivity index (χ3v) is 5.02. The molecule has 0 aromatic heterocycles. The fraction of sp³-hybridized carbons (Fsp3) is 0.273. The molecule has 1 aliphatic rings. The van der Waals surface area contributed by atoms with E-state index < -0.39 is 11.8 Å². The van der Waals surface area contributed by atoms with E-state index in [1.165, 1.54) is 5.56 Å².